The molecule has 1 N–H and O–H groups in total. The summed E-state index contributed by atoms with van der Waals surface area (Å²) in [6, 6.07) is 4.02. The molecule has 0 aliphatic carbocycles. The van der Waals surface area contributed by atoms with E-state index in [1.54, 1.807) is 6.20 Å². The van der Waals surface area contributed by atoms with Gasteiger partial charge in [-0.15, -0.1) is 0 Å². The molecule has 2 fully saturated rings. The summed E-state index contributed by atoms with van der Waals surface area (Å²) >= 11 is 0. The van der Waals surface area contributed by atoms with E-state index in [1.807, 2.05) is 39.8 Å². The van der Waals surface area contributed by atoms with Gasteiger partial charge in [0.05, 0.1) is 17.2 Å². The molecule has 3 heterocycles. The fraction of sp³-hybridized carbons (Fsp3) is 0.700. The summed E-state index contributed by atoms with van der Waals surface area (Å²) in [5.41, 5.74) is 0.0286. The lowest BCUT2D eigenvalue weighted by atomic mass is 9.80. The molecule has 0 bridgehead atoms. The number of carbonyl (C=O) groups is 1. The van der Waals surface area contributed by atoms with Crippen molar-refractivity contribution in [3.8, 4) is 0 Å². The van der Waals surface area contributed by atoms with Gasteiger partial charge in [0.15, 0.2) is 0 Å². The van der Waals surface area contributed by atoms with E-state index < -0.39 is 13.2 Å². The Balaban J connectivity index is 1.80. The molecule has 0 aromatic carbocycles. The number of hydrogen-bond donors (Lipinski definition) is 1. The van der Waals surface area contributed by atoms with Gasteiger partial charge in [0.1, 0.15) is 5.82 Å². The number of carboxylic acid groups (broad SMARTS) is 1. The predicted molar refractivity (Wildman–Crippen MR) is 110 cm³/mol. The van der Waals surface area contributed by atoms with Crippen LogP contribution >= 0.6 is 0 Å². The average molecular weight is 389 g/mol. The van der Waals surface area contributed by atoms with Crippen molar-refractivity contribution >= 4 is 24.5 Å². The summed E-state index contributed by atoms with van der Waals surface area (Å²) < 4.78 is 12.2. The lowest BCUT2D eigenvalue weighted by molar-refractivity contribution is 0.00578. The largest absolute Gasteiger partial charge is 0.496 e. The van der Waals surface area contributed by atoms with Crippen LogP contribution in [0, 0.1) is 5.41 Å². The minimum atomic E-state index is -0.863. The van der Waals surface area contributed by atoms with Gasteiger partial charge in [-0.3, -0.25) is 0 Å². The molecule has 1 atom stereocenters. The van der Waals surface area contributed by atoms with Gasteiger partial charge >= 0.3 is 13.2 Å². The monoisotopic (exact) mass is 389 g/mol. The molecule has 154 valence electrons. The van der Waals surface area contributed by atoms with Crippen LogP contribution in [0.15, 0.2) is 18.3 Å². The van der Waals surface area contributed by atoms with Gasteiger partial charge in [0, 0.05) is 31.3 Å². The molecule has 2 aliphatic rings. The lowest BCUT2D eigenvalue weighted by Gasteiger charge is -2.47. The van der Waals surface area contributed by atoms with Crippen LogP contribution in [0.25, 0.3) is 0 Å². The summed E-state index contributed by atoms with van der Waals surface area (Å²) in [5, 5.41) is 9.38. The number of piperazine rings is 1. The smallest absolute Gasteiger partial charge is 0.465 e. The quantitative estimate of drug-likeness (QED) is 0.784. The van der Waals surface area contributed by atoms with E-state index in [0.717, 1.165) is 11.3 Å². The van der Waals surface area contributed by atoms with Crippen LogP contribution in [0.4, 0.5) is 10.6 Å². The van der Waals surface area contributed by atoms with Crippen molar-refractivity contribution in [2.45, 2.75) is 65.7 Å². The van der Waals surface area contributed by atoms with Crippen LogP contribution in [0.3, 0.4) is 0 Å². The average Bonchev–Trinajstić information content (AvgIpc) is 2.81. The zero-order valence-corrected chi connectivity index (χ0v) is 18.0. The number of nitrogens with zero attached hydrogens (tertiary/aromatic N) is 3. The van der Waals surface area contributed by atoms with Gasteiger partial charge in [0.2, 0.25) is 0 Å². The lowest BCUT2D eigenvalue weighted by Crippen LogP contribution is -2.59. The second-order valence-electron chi connectivity index (χ2n) is 9.84. The van der Waals surface area contributed by atoms with Crippen LogP contribution in [0.5, 0.6) is 0 Å². The molecule has 3 rings (SSSR count). The van der Waals surface area contributed by atoms with Gasteiger partial charge in [-0.05, 0) is 39.2 Å². The first-order valence-electron chi connectivity index (χ1n) is 9.88. The molecular weight excluding hydrogens is 357 g/mol. The Morgan fingerprint density at radius 3 is 2.25 bits per heavy atom. The summed E-state index contributed by atoms with van der Waals surface area (Å²) in [7, 11) is -0.436. The van der Waals surface area contributed by atoms with Crippen molar-refractivity contribution in [3.63, 3.8) is 0 Å². The Morgan fingerprint density at radius 2 is 1.79 bits per heavy atom. The highest BCUT2D eigenvalue weighted by Crippen LogP contribution is 2.36. The third-order valence-corrected chi connectivity index (χ3v) is 6.24. The minimum absolute atomic E-state index is 0.0487. The highest BCUT2D eigenvalue weighted by molar-refractivity contribution is 6.62. The van der Waals surface area contributed by atoms with Crippen LogP contribution in [0.2, 0.25) is 0 Å². The Bertz CT molecular complexity index is 714. The van der Waals surface area contributed by atoms with Crippen molar-refractivity contribution in [1.82, 2.24) is 9.88 Å². The summed E-state index contributed by atoms with van der Waals surface area (Å²) in [6.07, 6.45) is 0.943. The summed E-state index contributed by atoms with van der Waals surface area (Å²) in [5.74, 6) is 0.852. The number of hydrogen-bond acceptors (Lipinski definition) is 5. The van der Waals surface area contributed by atoms with Gasteiger partial charge in [0.25, 0.3) is 0 Å². The minimum Gasteiger partial charge on any atom is -0.465 e. The van der Waals surface area contributed by atoms with E-state index in [0.29, 0.717) is 19.6 Å². The van der Waals surface area contributed by atoms with E-state index in [2.05, 4.69) is 30.7 Å². The van der Waals surface area contributed by atoms with Gasteiger partial charge in [-0.1, -0.05) is 26.8 Å². The van der Waals surface area contributed by atoms with Crippen molar-refractivity contribution < 1.29 is 19.2 Å². The molecule has 1 unspecified atom stereocenters. The van der Waals surface area contributed by atoms with Gasteiger partial charge in [-0.25, -0.2) is 9.78 Å². The van der Waals surface area contributed by atoms with Crippen molar-refractivity contribution in [3.05, 3.63) is 18.3 Å². The molecule has 1 amide bonds. The summed E-state index contributed by atoms with van der Waals surface area (Å²) in [6.45, 7) is 16.1. The molecule has 1 aromatic heterocycles. The standard InChI is InChI=1S/C20H32BN3O4/c1-18(2,3)15-13-23(17(25)26)10-11-24(15)16-9-8-14(12-22-16)21-27-19(4,5)20(6,7)28-21/h8-9,12,15H,10-11,13H2,1-7H3,(H,25,26). The van der Waals surface area contributed by atoms with E-state index >= 15 is 0 Å². The van der Waals surface area contributed by atoms with Crippen molar-refractivity contribution in [2.75, 3.05) is 24.5 Å². The van der Waals surface area contributed by atoms with Crippen LogP contribution in [-0.2, 0) is 9.31 Å². The first kappa shape index (κ1) is 20.9. The SMILES string of the molecule is CC(C)(C)C1CN(C(=O)O)CCN1c1ccc(B2OC(C)(C)C(C)(C)O2)cn1. The molecule has 2 saturated heterocycles. The maximum absolute atomic E-state index is 11.4. The van der Waals surface area contributed by atoms with Crippen LogP contribution in [-0.4, -0.2) is 65.1 Å². The topological polar surface area (TPSA) is 75.1 Å². The molecular formula is C20H32BN3O4. The molecule has 28 heavy (non-hydrogen) atoms. The number of aromatic nitrogens is 1. The Morgan fingerprint density at radius 1 is 1.18 bits per heavy atom. The van der Waals surface area contributed by atoms with E-state index in [1.165, 1.54) is 4.90 Å². The maximum Gasteiger partial charge on any atom is 0.496 e. The third-order valence-electron chi connectivity index (χ3n) is 6.24. The highest BCUT2D eigenvalue weighted by Gasteiger charge is 2.51. The fourth-order valence-electron chi connectivity index (χ4n) is 3.66. The van der Waals surface area contributed by atoms with Gasteiger partial charge < -0.3 is 24.2 Å². The second kappa shape index (κ2) is 6.92. The maximum atomic E-state index is 11.4. The fourth-order valence-corrected chi connectivity index (χ4v) is 3.66. The Labute approximate surface area is 168 Å². The number of rotatable bonds is 2. The molecule has 1 aromatic rings. The second-order valence-corrected chi connectivity index (χ2v) is 9.84. The van der Waals surface area contributed by atoms with Crippen LogP contribution in [0.1, 0.15) is 48.5 Å². The van der Waals surface area contributed by atoms with Crippen LogP contribution < -0.4 is 10.4 Å². The molecule has 0 saturated carbocycles. The predicted octanol–water partition coefficient (Wildman–Crippen LogP) is 2.60. The number of pyridine rings is 1. The Hall–Kier alpha value is -1.80. The third kappa shape index (κ3) is 3.85. The summed E-state index contributed by atoms with van der Waals surface area (Å²) in [4.78, 5) is 19.8. The molecule has 8 heteroatoms. The first-order chi connectivity index (χ1) is 12.8. The molecule has 2 aliphatic heterocycles. The Kier molecular flexibility index (Phi) is 5.17. The first-order valence-corrected chi connectivity index (χ1v) is 9.88. The number of anilines is 1. The van der Waals surface area contributed by atoms with E-state index in [9.17, 15) is 9.90 Å². The number of amides is 1. The zero-order valence-electron chi connectivity index (χ0n) is 18.0. The highest BCUT2D eigenvalue weighted by atomic mass is 16.7. The van der Waals surface area contributed by atoms with Gasteiger partial charge in [-0.2, -0.15) is 0 Å². The molecule has 0 spiro atoms. The zero-order chi connectivity index (χ0) is 20.9. The van der Waals surface area contributed by atoms with Crippen molar-refractivity contribution in [2.24, 2.45) is 5.41 Å². The normalized spacial score (nSPS) is 24.5. The van der Waals surface area contributed by atoms with E-state index in [-0.39, 0.29) is 22.7 Å². The van der Waals surface area contributed by atoms with Crippen molar-refractivity contribution in [1.29, 1.82) is 0 Å². The molecule has 7 nitrogen and oxygen atoms in total. The van der Waals surface area contributed by atoms with E-state index in [4.69, 9.17) is 9.31 Å². The molecule has 0 radical (unpaired) electrons.